The number of phenols is 1. The summed E-state index contributed by atoms with van der Waals surface area (Å²) in [4.78, 5) is 57.2. The molecule has 0 saturated carbocycles. The zero-order valence-electron chi connectivity index (χ0n) is 47.2. The lowest BCUT2D eigenvalue weighted by Gasteiger charge is -2.42. The van der Waals surface area contributed by atoms with Gasteiger partial charge in [0.1, 0.15) is 47.4 Å². The van der Waals surface area contributed by atoms with E-state index >= 15 is 4.39 Å². The fourth-order valence-corrected chi connectivity index (χ4v) is 15.1. The predicted molar refractivity (Wildman–Crippen MR) is 311 cm³/mol. The number of halogens is 1. The molecule has 6 saturated heterocycles. The van der Waals surface area contributed by atoms with Crippen LogP contribution in [0.1, 0.15) is 107 Å². The maximum absolute atomic E-state index is 17.4. The highest BCUT2D eigenvalue weighted by atomic mass is 32.1. The Morgan fingerprint density at radius 2 is 1.79 bits per heavy atom. The number of amides is 2. The summed E-state index contributed by atoms with van der Waals surface area (Å²) in [5, 5.41) is 34.9. The molecule has 10 heterocycles. The number of rotatable bonds is 17. The first-order chi connectivity index (χ1) is 39.7. The minimum absolute atomic E-state index is 0.0397. The van der Waals surface area contributed by atoms with Crippen molar-refractivity contribution in [3.05, 3.63) is 101 Å². The lowest BCUT2D eigenvalue weighted by molar-refractivity contribution is -0.141. The number of likely N-dealkylation sites (tertiary alicyclic amines) is 2. The summed E-state index contributed by atoms with van der Waals surface area (Å²) in [5.41, 5.74) is 6.43. The Kier molecular flexibility index (Phi) is 14.6. The van der Waals surface area contributed by atoms with E-state index in [0.717, 1.165) is 109 Å². The molecular weight excluding hydrogens is 1060 g/mol. The molecule has 2 bridgehead atoms. The van der Waals surface area contributed by atoms with Gasteiger partial charge in [-0.2, -0.15) is 9.97 Å². The van der Waals surface area contributed by atoms with Crippen molar-refractivity contribution < 1.29 is 38.2 Å². The predicted octanol–water partition coefficient (Wildman–Crippen LogP) is 8.33. The number of carbonyl (C=O) groups excluding carboxylic acids is 2. The number of piperazine rings is 1. The van der Waals surface area contributed by atoms with Crippen LogP contribution in [0.15, 0.2) is 76.9 Å². The van der Waals surface area contributed by atoms with E-state index in [1.165, 1.54) is 4.90 Å². The van der Waals surface area contributed by atoms with Crippen molar-refractivity contribution in [1.29, 1.82) is 0 Å². The molecule has 18 nitrogen and oxygen atoms in total. The van der Waals surface area contributed by atoms with Gasteiger partial charge in [-0.3, -0.25) is 24.4 Å². The van der Waals surface area contributed by atoms with Crippen molar-refractivity contribution in [2.24, 2.45) is 5.92 Å². The van der Waals surface area contributed by atoms with Crippen LogP contribution in [0.5, 0.6) is 17.6 Å². The molecule has 82 heavy (non-hydrogen) atoms. The summed E-state index contributed by atoms with van der Waals surface area (Å²) < 4.78 is 36.3. The van der Waals surface area contributed by atoms with Crippen molar-refractivity contribution >= 4 is 50.6 Å². The number of nitrogens with zero attached hydrogens (tertiary/aromatic N) is 9. The molecule has 2 unspecified atom stereocenters. The lowest BCUT2D eigenvalue weighted by atomic mass is 9.91. The number of benzene rings is 3. The number of aliphatic hydroxyl groups excluding tert-OH is 1. The van der Waals surface area contributed by atoms with Gasteiger partial charge in [-0.15, -0.1) is 11.3 Å². The van der Waals surface area contributed by atoms with E-state index < -0.39 is 23.9 Å². The standard InChI is InChI=1S/C62H72FN11O7S/c1-6-37-9-7-10-40-21-44(75)22-47(53(37)40)55-54(63)56-48(25-64-55)58(72-26-41-15-16-42(27-72)67-41)69-61(68-56)79-32-62-18-8-20-74(62)43(17-19-62)28-71-30-46(31-71)80-51-24-50(81-70-51)52(34(2)3)60(78)73-29-45(76)23-49(73)59(77)66-35(4)38-11-13-39(14-12-38)57-36(5)65-33-82-57/h7,9-14,21-22,24-25,33-35,41-43,45-46,49,52,67,75-76H,6,8,15-20,23,26-32H2,1-5H3,(H,66,77)/t35-,41?,42?,43-,45+,49-,52-,62+/m0/s1. The highest BCUT2D eigenvalue weighted by molar-refractivity contribution is 7.13. The number of aromatic nitrogens is 5. The zero-order chi connectivity index (χ0) is 56.6. The summed E-state index contributed by atoms with van der Waals surface area (Å²) in [6.07, 6.45) is 7.75. The molecule has 13 rings (SSSR count). The molecule has 20 heteroatoms. The average Bonchev–Trinajstić information content (AvgIpc) is 3.73. The van der Waals surface area contributed by atoms with Crippen molar-refractivity contribution in [3.63, 3.8) is 0 Å². The van der Waals surface area contributed by atoms with Crippen LogP contribution in [0.3, 0.4) is 0 Å². The average molecular weight is 1130 g/mol. The van der Waals surface area contributed by atoms with Gasteiger partial charge < -0.3 is 44.6 Å². The van der Waals surface area contributed by atoms with Crippen molar-refractivity contribution in [2.75, 3.05) is 57.3 Å². The number of carbonyl (C=O) groups is 2. The van der Waals surface area contributed by atoms with Crippen LogP contribution in [0.25, 0.3) is 43.4 Å². The van der Waals surface area contributed by atoms with Gasteiger partial charge in [0.15, 0.2) is 11.6 Å². The number of aliphatic hydroxyl groups is 1. The molecule has 8 atom stereocenters. The van der Waals surface area contributed by atoms with Crippen molar-refractivity contribution in [3.8, 4) is 39.3 Å². The Balaban J connectivity index is 0.649. The third-order valence-corrected chi connectivity index (χ3v) is 19.4. The fourth-order valence-electron chi connectivity index (χ4n) is 14.3. The van der Waals surface area contributed by atoms with E-state index in [9.17, 15) is 19.8 Å². The molecule has 6 aliphatic heterocycles. The number of fused-ring (bicyclic) bond motifs is 5. The molecule has 3 aromatic carbocycles. The lowest BCUT2D eigenvalue weighted by Crippen LogP contribution is -2.58. The number of pyridine rings is 1. The van der Waals surface area contributed by atoms with E-state index in [1.807, 2.05) is 75.7 Å². The highest BCUT2D eigenvalue weighted by Gasteiger charge is 2.51. The number of aryl methyl sites for hydroxylation is 2. The second-order valence-electron chi connectivity index (χ2n) is 24.2. The molecule has 0 radical (unpaired) electrons. The number of nitrogens with one attached hydrogen (secondary N) is 2. The van der Waals surface area contributed by atoms with Crippen LogP contribution < -0.4 is 25.0 Å². The minimum atomic E-state index is -0.847. The number of thiazole rings is 1. The van der Waals surface area contributed by atoms with E-state index in [2.05, 4.69) is 42.4 Å². The highest BCUT2D eigenvalue weighted by Crippen LogP contribution is 2.45. The molecule has 4 N–H and O–H groups in total. The molecule has 4 aromatic heterocycles. The monoisotopic (exact) mass is 1130 g/mol. The summed E-state index contributed by atoms with van der Waals surface area (Å²) in [6.45, 7) is 15.0. The molecule has 0 spiro atoms. The van der Waals surface area contributed by atoms with Crippen molar-refractivity contribution in [2.45, 2.75) is 140 Å². The van der Waals surface area contributed by atoms with E-state index in [4.69, 9.17) is 28.9 Å². The van der Waals surface area contributed by atoms with Crippen LogP contribution in [0, 0.1) is 18.7 Å². The van der Waals surface area contributed by atoms with Gasteiger partial charge in [0, 0.05) is 81.6 Å². The van der Waals surface area contributed by atoms with Gasteiger partial charge in [-0.1, -0.05) is 63.2 Å². The summed E-state index contributed by atoms with van der Waals surface area (Å²) >= 11 is 1.59. The SMILES string of the molecule is CCc1cccc2cc(O)cc(-c3ncc4c(N5CC6CCC(C5)N6)nc(OC[C@]56CCCN5[C@H](CN5CC(Oc7cc([C@@H](C(=O)N8C[C@H](O)C[C@H]8C(=O)N[C@@H](C)c8ccc(-c9scnc9C)cc8)C(C)C)on7)C5)CC6)nc4c3F)c12. The first-order valence-electron chi connectivity index (χ1n) is 29.4. The second-order valence-corrected chi connectivity index (χ2v) is 25.0. The minimum Gasteiger partial charge on any atom is -0.508 e. The van der Waals surface area contributed by atoms with Crippen LogP contribution in [-0.4, -0.2) is 156 Å². The van der Waals surface area contributed by atoms with E-state index in [-0.39, 0.29) is 71.4 Å². The number of phenolic OH excluding ortho intramolecular Hbond substituents is 1. The Hall–Kier alpha value is -6.84. The maximum Gasteiger partial charge on any atom is 0.319 e. The number of anilines is 1. The third kappa shape index (κ3) is 10.2. The Bertz CT molecular complexity index is 3530. The van der Waals surface area contributed by atoms with Crippen LogP contribution in [0.2, 0.25) is 0 Å². The van der Waals surface area contributed by atoms with Crippen LogP contribution in [0.4, 0.5) is 10.2 Å². The quantitative estimate of drug-likeness (QED) is 0.0676. The maximum atomic E-state index is 17.4. The molecule has 2 amide bonds. The zero-order valence-corrected chi connectivity index (χ0v) is 48.0. The number of aromatic hydroxyl groups is 1. The molecule has 430 valence electrons. The Labute approximate surface area is 480 Å². The van der Waals surface area contributed by atoms with Crippen LogP contribution >= 0.6 is 11.3 Å². The summed E-state index contributed by atoms with van der Waals surface area (Å²) in [5.74, 6) is -0.799. The largest absolute Gasteiger partial charge is 0.508 e. The number of β-amino-alcohol motifs (C(OH)–C–C–N with tert-alkyl or cyclic N) is 1. The van der Waals surface area contributed by atoms with Crippen molar-refractivity contribution in [1.82, 2.24) is 50.4 Å². The van der Waals surface area contributed by atoms with Gasteiger partial charge in [-0.25, -0.2) is 9.37 Å². The Morgan fingerprint density at radius 1 is 0.988 bits per heavy atom. The van der Waals surface area contributed by atoms with E-state index in [0.29, 0.717) is 66.2 Å². The topological polar surface area (TPSA) is 208 Å². The second kappa shape index (κ2) is 22.1. The number of hydrogen-bond acceptors (Lipinski definition) is 17. The smallest absolute Gasteiger partial charge is 0.319 e. The van der Waals surface area contributed by atoms with Crippen LogP contribution in [-0.2, 0) is 16.0 Å². The normalized spacial score (nSPS) is 24.6. The summed E-state index contributed by atoms with van der Waals surface area (Å²) in [6, 6.07) is 18.9. The van der Waals surface area contributed by atoms with E-state index in [1.54, 1.807) is 35.7 Å². The third-order valence-electron chi connectivity index (χ3n) is 18.4. The van der Waals surface area contributed by atoms with Gasteiger partial charge in [0.25, 0.3) is 5.88 Å². The van der Waals surface area contributed by atoms with Gasteiger partial charge in [0.05, 0.1) is 39.2 Å². The van der Waals surface area contributed by atoms with Gasteiger partial charge in [0.2, 0.25) is 11.8 Å². The Morgan fingerprint density at radius 3 is 2.55 bits per heavy atom. The molecular formula is C62H72FN11O7S. The fraction of sp³-hybridized carbons (Fsp3) is 0.500. The molecule has 0 aliphatic carbocycles. The summed E-state index contributed by atoms with van der Waals surface area (Å²) in [7, 11) is 0. The number of ether oxygens (including phenoxy) is 2. The first-order valence-corrected chi connectivity index (χ1v) is 30.2. The molecule has 6 aliphatic rings. The number of hydrogen-bond donors (Lipinski definition) is 4. The molecule has 6 fully saturated rings. The molecule has 7 aromatic rings. The first kappa shape index (κ1) is 54.4. The van der Waals surface area contributed by atoms with Gasteiger partial charge in [-0.05, 0) is 116 Å². The van der Waals surface area contributed by atoms with Gasteiger partial charge >= 0.3 is 6.01 Å².